The number of hydrogen-bond acceptors (Lipinski definition) is 5. The van der Waals surface area contributed by atoms with Gasteiger partial charge in [-0.25, -0.2) is 4.39 Å². The van der Waals surface area contributed by atoms with E-state index < -0.39 is 15.9 Å². The molecule has 112 valence electrons. The minimum atomic E-state index is -3.73. The number of halogens is 1. The first kappa shape index (κ1) is 15.1. The van der Waals surface area contributed by atoms with Crippen molar-refractivity contribution in [2.24, 2.45) is 0 Å². The molecule has 0 aromatic heterocycles. The quantitative estimate of drug-likeness (QED) is 0.785. The molecular formula is C13H19FN2O3S. The number of likely N-dealkylation sites (N-methyl/N-ethyl adjacent to an activating group) is 1. The molecule has 0 radical (unpaired) electrons. The Hall–Kier alpha value is -1.34. The van der Waals surface area contributed by atoms with Crippen LogP contribution in [0.15, 0.2) is 18.2 Å². The fraction of sp³-hybridized carbons (Fsp3) is 0.538. The van der Waals surface area contributed by atoms with E-state index in [9.17, 15) is 12.8 Å². The SMILES string of the molecule is CCN1CCN(c2cccc(OS(C)(=O)=O)c2F)CC1. The number of rotatable bonds is 4. The molecule has 1 heterocycles. The fourth-order valence-corrected chi connectivity index (χ4v) is 2.73. The van der Waals surface area contributed by atoms with Crippen molar-refractivity contribution in [3.05, 3.63) is 24.0 Å². The zero-order chi connectivity index (χ0) is 14.8. The van der Waals surface area contributed by atoms with Crippen molar-refractivity contribution < 1.29 is 17.0 Å². The van der Waals surface area contributed by atoms with Gasteiger partial charge in [-0.05, 0) is 18.7 Å². The Labute approximate surface area is 119 Å². The molecule has 0 N–H and O–H groups in total. The lowest BCUT2D eigenvalue weighted by molar-refractivity contribution is 0.270. The summed E-state index contributed by atoms with van der Waals surface area (Å²) in [7, 11) is -3.73. The summed E-state index contributed by atoms with van der Waals surface area (Å²) >= 11 is 0. The number of anilines is 1. The van der Waals surface area contributed by atoms with Crippen molar-refractivity contribution in [3.8, 4) is 5.75 Å². The largest absolute Gasteiger partial charge is 0.379 e. The topological polar surface area (TPSA) is 49.9 Å². The second kappa shape index (κ2) is 5.97. The molecule has 1 aromatic carbocycles. The smallest absolute Gasteiger partial charge is 0.306 e. The zero-order valence-electron chi connectivity index (χ0n) is 11.7. The Morgan fingerprint density at radius 3 is 2.45 bits per heavy atom. The van der Waals surface area contributed by atoms with Gasteiger partial charge in [-0.3, -0.25) is 0 Å². The van der Waals surface area contributed by atoms with Crippen LogP contribution in [-0.2, 0) is 10.1 Å². The van der Waals surface area contributed by atoms with Crippen molar-refractivity contribution in [1.82, 2.24) is 4.90 Å². The molecule has 0 unspecified atom stereocenters. The van der Waals surface area contributed by atoms with Crippen molar-refractivity contribution >= 4 is 15.8 Å². The molecule has 20 heavy (non-hydrogen) atoms. The number of benzene rings is 1. The van der Waals surface area contributed by atoms with Crippen LogP contribution in [0.4, 0.5) is 10.1 Å². The van der Waals surface area contributed by atoms with Gasteiger partial charge in [-0.2, -0.15) is 8.42 Å². The van der Waals surface area contributed by atoms with Crippen LogP contribution in [0.5, 0.6) is 5.75 Å². The van der Waals surface area contributed by atoms with E-state index in [0.717, 1.165) is 25.9 Å². The molecule has 0 amide bonds. The third-order valence-corrected chi connectivity index (χ3v) is 3.83. The van der Waals surface area contributed by atoms with Gasteiger partial charge in [0.25, 0.3) is 0 Å². The van der Waals surface area contributed by atoms with Gasteiger partial charge in [0, 0.05) is 26.2 Å². The fourth-order valence-electron chi connectivity index (χ4n) is 2.28. The summed E-state index contributed by atoms with van der Waals surface area (Å²) in [5.74, 6) is -0.870. The Bertz CT molecular complexity index is 569. The molecule has 0 bridgehead atoms. The Morgan fingerprint density at radius 2 is 1.90 bits per heavy atom. The van der Waals surface area contributed by atoms with Crippen LogP contribution in [-0.4, -0.2) is 52.3 Å². The van der Waals surface area contributed by atoms with Gasteiger partial charge in [-0.1, -0.05) is 13.0 Å². The van der Waals surface area contributed by atoms with Gasteiger partial charge in [-0.15, -0.1) is 0 Å². The molecule has 2 rings (SSSR count). The average molecular weight is 302 g/mol. The van der Waals surface area contributed by atoms with Crippen LogP contribution in [0, 0.1) is 5.82 Å². The molecule has 1 saturated heterocycles. The van der Waals surface area contributed by atoms with Crippen LogP contribution in [0.2, 0.25) is 0 Å². The van der Waals surface area contributed by atoms with Gasteiger partial charge >= 0.3 is 10.1 Å². The first-order chi connectivity index (χ1) is 9.40. The van der Waals surface area contributed by atoms with Crippen molar-refractivity contribution in [3.63, 3.8) is 0 Å². The summed E-state index contributed by atoms with van der Waals surface area (Å²) in [6.45, 7) is 6.24. The number of piperazine rings is 1. The third kappa shape index (κ3) is 3.61. The Morgan fingerprint density at radius 1 is 1.25 bits per heavy atom. The van der Waals surface area contributed by atoms with Crippen LogP contribution in [0.25, 0.3) is 0 Å². The third-order valence-electron chi connectivity index (χ3n) is 3.34. The van der Waals surface area contributed by atoms with Crippen LogP contribution >= 0.6 is 0 Å². The molecule has 1 aliphatic heterocycles. The summed E-state index contributed by atoms with van der Waals surface area (Å²) in [6, 6.07) is 4.57. The summed E-state index contributed by atoms with van der Waals surface area (Å²) in [4.78, 5) is 4.20. The highest BCUT2D eigenvalue weighted by Gasteiger charge is 2.21. The highest BCUT2D eigenvalue weighted by atomic mass is 32.2. The second-order valence-electron chi connectivity index (χ2n) is 4.80. The van der Waals surface area contributed by atoms with Gasteiger partial charge in [0.05, 0.1) is 11.9 Å². The first-order valence-electron chi connectivity index (χ1n) is 6.56. The molecule has 5 nitrogen and oxygen atoms in total. The van der Waals surface area contributed by atoms with Crippen LogP contribution in [0.1, 0.15) is 6.92 Å². The van der Waals surface area contributed by atoms with E-state index in [1.807, 2.05) is 4.90 Å². The van der Waals surface area contributed by atoms with Crippen LogP contribution < -0.4 is 9.08 Å². The summed E-state index contributed by atoms with van der Waals surface area (Å²) in [5.41, 5.74) is 0.391. The molecule has 0 atom stereocenters. The maximum Gasteiger partial charge on any atom is 0.306 e. The number of nitrogens with zero attached hydrogens (tertiary/aromatic N) is 2. The Kier molecular flexibility index (Phi) is 4.49. The maximum atomic E-state index is 14.3. The minimum absolute atomic E-state index is 0.247. The minimum Gasteiger partial charge on any atom is -0.379 e. The molecule has 7 heteroatoms. The van der Waals surface area contributed by atoms with E-state index in [0.29, 0.717) is 18.8 Å². The first-order valence-corrected chi connectivity index (χ1v) is 8.37. The van der Waals surface area contributed by atoms with Gasteiger partial charge in [0.2, 0.25) is 0 Å². The molecule has 1 aliphatic rings. The average Bonchev–Trinajstić information content (AvgIpc) is 2.40. The molecule has 0 spiro atoms. The van der Waals surface area contributed by atoms with E-state index >= 15 is 0 Å². The predicted octanol–water partition coefficient (Wildman–Crippen LogP) is 1.31. The van der Waals surface area contributed by atoms with Crippen molar-refractivity contribution in [2.75, 3.05) is 43.9 Å². The molecule has 0 aliphatic carbocycles. The summed E-state index contributed by atoms with van der Waals surface area (Å²) in [5, 5.41) is 0. The van der Waals surface area contributed by atoms with E-state index in [1.54, 1.807) is 12.1 Å². The van der Waals surface area contributed by atoms with E-state index in [4.69, 9.17) is 0 Å². The molecular weight excluding hydrogens is 283 g/mol. The zero-order valence-corrected chi connectivity index (χ0v) is 12.5. The molecule has 1 aromatic rings. The van der Waals surface area contributed by atoms with E-state index in [1.165, 1.54) is 6.07 Å². The maximum absolute atomic E-state index is 14.3. The monoisotopic (exact) mass is 302 g/mol. The predicted molar refractivity (Wildman–Crippen MR) is 76.2 cm³/mol. The number of hydrogen-bond donors (Lipinski definition) is 0. The Balaban J connectivity index is 2.19. The van der Waals surface area contributed by atoms with Crippen molar-refractivity contribution in [2.45, 2.75) is 6.92 Å². The molecule has 1 fully saturated rings. The lowest BCUT2D eigenvalue weighted by atomic mass is 10.2. The van der Waals surface area contributed by atoms with Gasteiger partial charge in [0.15, 0.2) is 11.6 Å². The van der Waals surface area contributed by atoms with Crippen LogP contribution in [0.3, 0.4) is 0 Å². The highest BCUT2D eigenvalue weighted by Crippen LogP contribution is 2.28. The van der Waals surface area contributed by atoms with E-state index in [-0.39, 0.29) is 5.75 Å². The summed E-state index contributed by atoms with van der Waals surface area (Å²) in [6.07, 6.45) is 0.902. The van der Waals surface area contributed by atoms with Gasteiger partial charge < -0.3 is 14.0 Å². The molecule has 0 saturated carbocycles. The van der Waals surface area contributed by atoms with Crippen molar-refractivity contribution in [1.29, 1.82) is 0 Å². The van der Waals surface area contributed by atoms with Gasteiger partial charge in [0.1, 0.15) is 0 Å². The lowest BCUT2D eigenvalue weighted by Crippen LogP contribution is -2.46. The lowest BCUT2D eigenvalue weighted by Gasteiger charge is -2.35. The standard InChI is InChI=1S/C13H19FN2O3S/c1-3-15-7-9-16(10-8-15)11-5-4-6-12(13(11)14)19-20(2,17)18/h4-6H,3,7-10H2,1-2H3. The normalized spacial score (nSPS) is 17.2. The highest BCUT2D eigenvalue weighted by molar-refractivity contribution is 7.86. The second-order valence-corrected chi connectivity index (χ2v) is 6.37. The summed E-state index contributed by atoms with van der Waals surface area (Å²) < 4.78 is 41.2. The van der Waals surface area contributed by atoms with E-state index in [2.05, 4.69) is 16.0 Å².